The average molecular weight is 248 g/mol. The number of nitrogens with one attached hydrogen (secondary N) is 1. The van der Waals surface area contributed by atoms with Crippen molar-refractivity contribution in [3.63, 3.8) is 0 Å². The topological polar surface area (TPSA) is 55.2 Å². The summed E-state index contributed by atoms with van der Waals surface area (Å²) in [7, 11) is 0. The Morgan fingerprint density at radius 3 is 2.67 bits per heavy atom. The normalized spacial score (nSPS) is 27.3. The molecule has 3 atom stereocenters. The minimum Gasteiger partial charge on any atom is -0.309 e. The minimum absolute atomic E-state index is 0.212. The Bertz CT molecular complexity index is 434. The minimum atomic E-state index is -0.308. The van der Waals surface area contributed by atoms with Crippen LogP contribution in [0, 0.1) is 22.0 Å². The van der Waals surface area contributed by atoms with Crippen molar-refractivity contribution in [3.05, 3.63) is 39.9 Å². The van der Waals surface area contributed by atoms with Gasteiger partial charge in [-0.15, -0.1) is 0 Å². The molecule has 3 unspecified atom stereocenters. The van der Waals surface area contributed by atoms with Gasteiger partial charge in [0.1, 0.15) is 0 Å². The molecule has 1 aromatic rings. The number of para-hydroxylation sites is 1. The largest absolute Gasteiger partial charge is 0.309 e. The summed E-state index contributed by atoms with van der Waals surface area (Å²) in [6.07, 6.45) is 2.42. The van der Waals surface area contributed by atoms with Crippen LogP contribution in [0.1, 0.15) is 32.3 Å². The zero-order chi connectivity index (χ0) is 13.1. The molecule has 1 N–H and O–H groups in total. The highest BCUT2D eigenvalue weighted by atomic mass is 16.6. The molecule has 18 heavy (non-hydrogen) atoms. The van der Waals surface area contributed by atoms with E-state index >= 15 is 0 Å². The fraction of sp³-hybridized carbons (Fsp3) is 0.571. The van der Waals surface area contributed by atoms with Crippen molar-refractivity contribution in [2.45, 2.75) is 39.3 Å². The molecule has 1 aliphatic carbocycles. The van der Waals surface area contributed by atoms with Crippen molar-refractivity contribution in [2.24, 2.45) is 11.8 Å². The lowest BCUT2D eigenvalue weighted by Crippen LogP contribution is -2.32. The molecule has 0 radical (unpaired) electrons. The second-order valence-corrected chi connectivity index (χ2v) is 5.29. The van der Waals surface area contributed by atoms with E-state index in [1.165, 1.54) is 12.8 Å². The molecular formula is C14H20N2O2. The van der Waals surface area contributed by atoms with Crippen LogP contribution in [-0.2, 0) is 6.54 Å². The third-order valence-corrected chi connectivity index (χ3v) is 4.21. The molecule has 0 amide bonds. The molecule has 0 bridgehead atoms. The maximum absolute atomic E-state index is 10.9. The van der Waals surface area contributed by atoms with E-state index in [9.17, 15) is 10.1 Å². The van der Waals surface area contributed by atoms with Crippen LogP contribution in [-0.4, -0.2) is 11.0 Å². The number of nitrogens with zero attached hydrogens (tertiary/aromatic N) is 1. The first kappa shape index (κ1) is 13.0. The number of hydrogen-bond donors (Lipinski definition) is 1. The van der Waals surface area contributed by atoms with Crippen molar-refractivity contribution < 1.29 is 4.92 Å². The first-order chi connectivity index (χ1) is 8.59. The fourth-order valence-electron chi connectivity index (χ4n) is 2.73. The van der Waals surface area contributed by atoms with E-state index < -0.39 is 0 Å². The lowest BCUT2D eigenvalue weighted by molar-refractivity contribution is -0.385. The summed E-state index contributed by atoms with van der Waals surface area (Å²) in [5.74, 6) is 1.39. The number of nitro benzene ring substituents is 1. The number of hydrogen-bond acceptors (Lipinski definition) is 3. The molecule has 4 nitrogen and oxygen atoms in total. The van der Waals surface area contributed by atoms with E-state index in [0.717, 1.165) is 11.5 Å². The van der Waals surface area contributed by atoms with Crippen LogP contribution in [0.2, 0.25) is 0 Å². The molecule has 98 valence electrons. The Morgan fingerprint density at radius 2 is 2.06 bits per heavy atom. The number of nitro groups is 1. The maximum atomic E-state index is 10.9. The maximum Gasteiger partial charge on any atom is 0.273 e. The molecule has 0 aromatic heterocycles. The molecule has 1 saturated carbocycles. The predicted molar refractivity (Wildman–Crippen MR) is 71.3 cm³/mol. The zero-order valence-corrected chi connectivity index (χ0v) is 10.9. The molecule has 1 aromatic carbocycles. The average Bonchev–Trinajstić information content (AvgIpc) is 2.68. The molecule has 2 rings (SSSR count). The summed E-state index contributed by atoms with van der Waals surface area (Å²) in [5, 5.41) is 14.4. The highest BCUT2D eigenvalue weighted by Gasteiger charge is 2.29. The molecule has 1 aliphatic rings. The van der Waals surface area contributed by atoms with Gasteiger partial charge < -0.3 is 5.32 Å². The highest BCUT2D eigenvalue weighted by Crippen LogP contribution is 2.31. The molecule has 0 spiro atoms. The molecule has 1 fully saturated rings. The van der Waals surface area contributed by atoms with Gasteiger partial charge in [0.25, 0.3) is 5.69 Å². The van der Waals surface area contributed by atoms with E-state index in [2.05, 4.69) is 19.2 Å². The summed E-state index contributed by atoms with van der Waals surface area (Å²) >= 11 is 0. The Hall–Kier alpha value is -1.42. The fourth-order valence-corrected chi connectivity index (χ4v) is 2.73. The summed E-state index contributed by atoms with van der Waals surface area (Å²) in [5.41, 5.74) is 0.984. The van der Waals surface area contributed by atoms with E-state index in [4.69, 9.17) is 0 Å². The zero-order valence-electron chi connectivity index (χ0n) is 10.9. The van der Waals surface area contributed by atoms with Crippen LogP contribution in [0.15, 0.2) is 24.3 Å². The molecule has 0 heterocycles. The molecular weight excluding hydrogens is 228 g/mol. The van der Waals surface area contributed by atoms with Gasteiger partial charge in [-0.25, -0.2) is 0 Å². The Kier molecular flexibility index (Phi) is 3.97. The van der Waals surface area contributed by atoms with Gasteiger partial charge in [-0.05, 0) is 24.7 Å². The lowest BCUT2D eigenvalue weighted by Gasteiger charge is -2.19. The van der Waals surface area contributed by atoms with E-state index in [1.807, 2.05) is 12.1 Å². The van der Waals surface area contributed by atoms with Crippen LogP contribution in [0.4, 0.5) is 5.69 Å². The van der Waals surface area contributed by atoms with E-state index in [-0.39, 0.29) is 10.6 Å². The Labute approximate surface area is 108 Å². The van der Waals surface area contributed by atoms with Gasteiger partial charge in [0, 0.05) is 24.2 Å². The Morgan fingerprint density at radius 1 is 1.33 bits per heavy atom. The van der Waals surface area contributed by atoms with Crippen molar-refractivity contribution >= 4 is 5.69 Å². The van der Waals surface area contributed by atoms with Gasteiger partial charge >= 0.3 is 0 Å². The van der Waals surface area contributed by atoms with Crippen molar-refractivity contribution in [2.75, 3.05) is 0 Å². The van der Waals surface area contributed by atoms with Crippen LogP contribution >= 0.6 is 0 Å². The van der Waals surface area contributed by atoms with E-state index in [1.54, 1.807) is 12.1 Å². The van der Waals surface area contributed by atoms with E-state index in [0.29, 0.717) is 18.5 Å². The Balaban J connectivity index is 2.00. The summed E-state index contributed by atoms with van der Waals surface area (Å²) in [6, 6.07) is 7.44. The van der Waals surface area contributed by atoms with Gasteiger partial charge in [-0.2, -0.15) is 0 Å². The van der Waals surface area contributed by atoms with Crippen LogP contribution in [0.5, 0.6) is 0 Å². The molecule has 0 aliphatic heterocycles. The smallest absolute Gasteiger partial charge is 0.273 e. The number of benzene rings is 1. The van der Waals surface area contributed by atoms with Gasteiger partial charge in [-0.1, -0.05) is 32.0 Å². The van der Waals surface area contributed by atoms with Gasteiger partial charge in [0.05, 0.1) is 4.92 Å². The molecule has 0 saturated heterocycles. The second kappa shape index (κ2) is 5.48. The van der Waals surface area contributed by atoms with Crippen LogP contribution in [0.3, 0.4) is 0 Å². The number of rotatable bonds is 4. The van der Waals surface area contributed by atoms with Gasteiger partial charge in [0.15, 0.2) is 0 Å². The third-order valence-electron chi connectivity index (χ3n) is 4.21. The SMILES string of the molecule is CC1CCC(NCc2ccccc2[N+](=O)[O-])C1C. The first-order valence-corrected chi connectivity index (χ1v) is 6.55. The highest BCUT2D eigenvalue weighted by molar-refractivity contribution is 5.39. The van der Waals surface area contributed by atoms with Crippen molar-refractivity contribution in [1.29, 1.82) is 0 Å². The van der Waals surface area contributed by atoms with Gasteiger partial charge in [-0.3, -0.25) is 10.1 Å². The summed E-state index contributed by atoms with van der Waals surface area (Å²) in [4.78, 5) is 10.6. The predicted octanol–water partition coefficient (Wildman–Crippen LogP) is 3.12. The second-order valence-electron chi connectivity index (χ2n) is 5.29. The molecule has 4 heteroatoms. The summed E-state index contributed by atoms with van der Waals surface area (Å²) < 4.78 is 0. The van der Waals surface area contributed by atoms with Crippen molar-refractivity contribution in [1.82, 2.24) is 5.32 Å². The first-order valence-electron chi connectivity index (χ1n) is 6.55. The lowest BCUT2D eigenvalue weighted by atomic mass is 9.97. The quantitative estimate of drug-likeness (QED) is 0.658. The van der Waals surface area contributed by atoms with Gasteiger partial charge in [0.2, 0.25) is 0 Å². The summed E-state index contributed by atoms with van der Waals surface area (Å²) in [6.45, 7) is 5.12. The van der Waals surface area contributed by atoms with Crippen molar-refractivity contribution in [3.8, 4) is 0 Å². The van der Waals surface area contributed by atoms with Crippen LogP contribution < -0.4 is 5.32 Å². The monoisotopic (exact) mass is 248 g/mol. The standard InChI is InChI=1S/C14H20N2O2/c1-10-7-8-13(11(10)2)15-9-12-5-3-4-6-14(12)16(17)18/h3-6,10-11,13,15H,7-9H2,1-2H3. The van der Waals surface area contributed by atoms with Crippen LogP contribution in [0.25, 0.3) is 0 Å². The third kappa shape index (κ3) is 2.70.